The molecule has 7 heteroatoms. The van der Waals surface area contributed by atoms with Crippen LogP contribution < -0.4 is 5.12 Å². The summed E-state index contributed by atoms with van der Waals surface area (Å²) in [7, 11) is 0. The van der Waals surface area contributed by atoms with Crippen LogP contribution in [0.4, 0.5) is 29.0 Å². The topological polar surface area (TPSA) is 50.8 Å². The third kappa shape index (κ3) is 2.26. The van der Waals surface area contributed by atoms with Crippen LogP contribution in [0.15, 0.2) is 30.3 Å². The van der Waals surface area contributed by atoms with Crippen molar-refractivity contribution in [2.24, 2.45) is 0 Å². The van der Waals surface area contributed by atoms with Crippen molar-refractivity contribution >= 4 is 11.4 Å². The molecular weight excluding hydrogens is 286 g/mol. The molecule has 0 fully saturated rings. The molecule has 0 spiro atoms. The summed E-state index contributed by atoms with van der Waals surface area (Å²) in [5.41, 5.74) is -3.79. The second-order valence-electron chi connectivity index (χ2n) is 3.88. The van der Waals surface area contributed by atoms with Gasteiger partial charge in [-0.25, -0.2) is 13.2 Å². The summed E-state index contributed by atoms with van der Waals surface area (Å²) < 4.78 is 55.6. The SMILES string of the molecule is N#Cc1c(F)c(F)c(N(F)c2ccccc2)c(F)c1C#N. The van der Waals surface area contributed by atoms with E-state index in [1.807, 2.05) is 0 Å². The lowest BCUT2D eigenvalue weighted by atomic mass is 10.1. The minimum Gasteiger partial charge on any atom is -0.203 e. The summed E-state index contributed by atoms with van der Waals surface area (Å²) in [4.78, 5) is 0. The molecule has 0 N–H and O–H groups in total. The van der Waals surface area contributed by atoms with Gasteiger partial charge in [-0.15, -0.1) is 0 Å². The fraction of sp³-hybridized carbons (Fsp3) is 0. The highest BCUT2D eigenvalue weighted by Crippen LogP contribution is 2.35. The second kappa shape index (κ2) is 5.51. The predicted octanol–water partition coefficient (Wildman–Crippen LogP) is 3.87. The maximum Gasteiger partial charge on any atom is 0.189 e. The molecule has 2 rings (SSSR count). The first-order valence-corrected chi connectivity index (χ1v) is 5.54. The molecule has 0 radical (unpaired) electrons. The van der Waals surface area contributed by atoms with Crippen LogP contribution in [0.5, 0.6) is 0 Å². The minimum absolute atomic E-state index is 0.261. The molecule has 0 heterocycles. The van der Waals surface area contributed by atoms with Gasteiger partial charge < -0.3 is 0 Å². The van der Waals surface area contributed by atoms with Gasteiger partial charge in [0.05, 0.1) is 5.69 Å². The van der Waals surface area contributed by atoms with Crippen molar-refractivity contribution in [2.75, 3.05) is 5.12 Å². The Morgan fingerprint density at radius 2 is 1.33 bits per heavy atom. The van der Waals surface area contributed by atoms with E-state index in [1.165, 1.54) is 36.4 Å². The zero-order chi connectivity index (χ0) is 15.6. The van der Waals surface area contributed by atoms with Gasteiger partial charge in [-0.3, -0.25) is 0 Å². The van der Waals surface area contributed by atoms with Crippen molar-refractivity contribution in [3.8, 4) is 12.1 Å². The van der Waals surface area contributed by atoms with E-state index in [9.17, 15) is 17.7 Å². The molecule has 0 amide bonds. The highest BCUT2D eigenvalue weighted by Gasteiger charge is 2.29. The monoisotopic (exact) mass is 291 g/mol. The fourth-order valence-electron chi connectivity index (χ4n) is 1.72. The molecule has 0 aliphatic rings. The molecule has 21 heavy (non-hydrogen) atoms. The molecule has 0 aliphatic carbocycles. The lowest BCUT2D eigenvalue weighted by Crippen LogP contribution is -2.12. The van der Waals surface area contributed by atoms with Crippen LogP contribution in [0, 0.1) is 40.1 Å². The number of halogens is 4. The van der Waals surface area contributed by atoms with Gasteiger partial charge in [0.25, 0.3) is 0 Å². The zero-order valence-corrected chi connectivity index (χ0v) is 10.2. The largest absolute Gasteiger partial charge is 0.203 e. The van der Waals surface area contributed by atoms with Crippen LogP contribution in [-0.2, 0) is 0 Å². The number of anilines is 2. The smallest absolute Gasteiger partial charge is 0.189 e. The first-order valence-electron chi connectivity index (χ1n) is 5.54. The fourth-order valence-corrected chi connectivity index (χ4v) is 1.72. The Balaban J connectivity index is 2.75. The van der Waals surface area contributed by atoms with Crippen molar-refractivity contribution in [3.05, 3.63) is 58.9 Å². The van der Waals surface area contributed by atoms with E-state index < -0.39 is 39.4 Å². The number of nitriles is 2. The molecule has 3 nitrogen and oxygen atoms in total. The summed E-state index contributed by atoms with van der Waals surface area (Å²) in [5.74, 6) is -5.29. The molecule has 0 aromatic heterocycles. The Hall–Kier alpha value is -3.06. The maximum atomic E-state index is 14.1. The molecular formula is C14H5F4N3. The molecule has 0 saturated carbocycles. The third-order valence-corrected chi connectivity index (χ3v) is 2.70. The highest BCUT2D eigenvalue weighted by atomic mass is 19.2. The van der Waals surface area contributed by atoms with E-state index in [2.05, 4.69) is 0 Å². The first kappa shape index (κ1) is 14.4. The Labute approximate surface area is 116 Å². The number of nitrogens with zero attached hydrogens (tertiary/aromatic N) is 3. The van der Waals surface area contributed by atoms with E-state index >= 15 is 0 Å². The van der Waals surface area contributed by atoms with Crippen LogP contribution in [-0.4, -0.2) is 0 Å². The summed E-state index contributed by atoms with van der Waals surface area (Å²) in [6, 6.07) is 9.16. The first-order chi connectivity index (χ1) is 10.0. The van der Waals surface area contributed by atoms with Crippen LogP contribution in [0.3, 0.4) is 0 Å². The quantitative estimate of drug-likeness (QED) is 0.479. The summed E-state index contributed by atoms with van der Waals surface area (Å²) in [6.45, 7) is 0. The molecule has 2 aromatic carbocycles. The van der Waals surface area contributed by atoms with Gasteiger partial charge in [0.2, 0.25) is 0 Å². The van der Waals surface area contributed by atoms with Crippen LogP contribution in [0.25, 0.3) is 0 Å². The lowest BCUT2D eigenvalue weighted by Gasteiger charge is -2.16. The van der Waals surface area contributed by atoms with Gasteiger partial charge >= 0.3 is 0 Å². The standard InChI is InChI=1S/C14H5F4N3/c15-11-9(6-19)10(7-20)12(16)14(13(11)17)21(18)8-4-2-1-3-5-8/h1-5H. The molecule has 0 unspecified atom stereocenters. The average Bonchev–Trinajstić information content (AvgIpc) is 2.51. The van der Waals surface area contributed by atoms with E-state index in [1.54, 1.807) is 6.07 Å². The highest BCUT2D eigenvalue weighted by molar-refractivity contribution is 5.66. The van der Waals surface area contributed by atoms with Gasteiger partial charge in [0.1, 0.15) is 23.3 Å². The van der Waals surface area contributed by atoms with E-state index in [4.69, 9.17) is 10.5 Å². The van der Waals surface area contributed by atoms with E-state index in [-0.39, 0.29) is 5.69 Å². The summed E-state index contributed by atoms with van der Waals surface area (Å²) >= 11 is 0. The Morgan fingerprint density at radius 1 is 0.810 bits per heavy atom. The van der Waals surface area contributed by atoms with Crippen LogP contribution in [0.2, 0.25) is 0 Å². The molecule has 0 aliphatic heterocycles. The number of benzene rings is 2. The number of hydrogen-bond acceptors (Lipinski definition) is 3. The van der Waals surface area contributed by atoms with Gasteiger partial charge in [0.15, 0.2) is 23.1 Å². The Bertz CT molecular complexity index is 776. The number of para-hydroxylation sites is 1. The van der Waals surface area contributed by atoms with Crippen molar-refractivity contribution < 1.29 is 17.7 Å². The van der Waals surface area contributed by atoms with Crippen LogP contribution in [0.1, 0.15) is 11.1 Å². The summed E-state index contributed by atoms with van der Waals surface area (Å²) in [5, 5.41) is 17.0. The predicted molar refractivity (Wildman–Crippen MR) is 65.4 cm³/mol. The van der Waals surface area contributed by atoms with Gasteiger partial charge in [-0.05, 0) is 12.1 Å². The van der Waals surface area contributed by atoms with Crippen molar-refractivity contribution in [1.29, 1.82) is 10.5 Å². The van der Waals surface area contributed by atoms with E-state index in [0.717, 1.165) is 0 Å². The van der Waals surface area contributed by atoms with Gasteiger partial charge in [-0.2, -0.15) is 15.6 Å². The third-order valence-electron chi connectivity index (χ3n) is 2.70. The van der Waals surface area contributed by atoms with E-state index in [0.29, 0.717) is 0 Å². The molecule has 0 saturated heterocycles. The van der Waals surface area contributed by atoms with Crippen molar-refractivity contribution in [3.63, 3.8) is 0 Å². The summed E-state index contributed by atoms with van der Waals surface area (Å²) in [6.07, 6.45) is 0. The Morgan fingerprint density at radius 3 is 1.86 bits per heavy atom. The van der Waals surface area contributed by atoms with Crippen molar-refractivity contribution in [2.45, 2.75) is 0 Å². The normalized spacial score (nSPS) is 9.81. The maximum absolute atomic E-state index is 14.1. The molecule has 0 atom stereocenters. The van der Waals surface area contributed by atoms with Crippen molar-refractivity contribution in [1.82, 2.24) is 0 Å². The number of rotatable bonds is 2. The minimum atomic E-state index is -1.88. The molecule has 2 aromatic rings. The van der Waals surface area contributed by atoms with Gasteiger partial charge in [0, 0.05) is 0 Å². The van der Waals surface area contributed by atoms with Crippen LogP contribution >= 0.6 is 0 Å². The molecule has 104 valence electrons. The second-order valence-corrected chi connectivity index (χ2v) is 3.88. The lowest BCUT2D eigenvalue weighted by molar-refractivity contribution is 0.446. The zero-order valence-electron chi connectivity index (χ0n) is 10.2. The Kier molecular flexibility index (Phi) is 3.77. The van der Waals surface area contributed by atoms with Gasteiger partial charge in [-0.1, -0.05) is 22.7 Å². The average molecular weight is 291 g/mol. The molecule has 0 bridgehead atoms. The number of hydrogen-bond donors (Lipinski definition) is 0.